The van der Waals surface area contributed by atoms with Gasteiger partial charge in [0, 0.05) is 5.69 Å². The Kier molecular flexibility index (Phi) is 5.55. The monoisotopic (exact) mass is 362 g/mol. The van der Waals surface area contributed by atoms with Crippen LogP contribution in [0, 0.1) is 0 Å². The molecule has 0 radical (unpaired) electrons. The average molecular weight is 362 g/mol. The zero-order valence-electron chi connectivity index (χ0n) is 13.7. The molecule has 0 heterocycles. The molecule has 2 aromatic carbocycles. The molecule has 0 aliphatic heterocycles. The van der Waals surface area contributed by atoms with Crippen LogP contribution in [-0.2, 0) is 19.4 Å². The molecular formula is C17H18N2O5S. The number of rotatable bonds is 5. The third-order valence-corrected chi connectivity index (χ3v) is 5.18. The lowest BCUT2D eigenvalue weighted by Gasteiger charge is -2.10. The largest absolute Gasteiger partial charge is 0.465 e. The van der Waals surface area contributed by atoms with Crippen LogP contribution in [-0.4, -0.2) is 33.4 Å². The molecule has 0 aliphatic rings. The molecule has 132 valence electrons. The Hall–Kier alpha value is -2.71. The number of carbonyl (C=O) groups is 2. The van der Waals surface area contributed by atoms with Crippen LogP contribution in [0.4, 0.5) is 5.69 Å². The summed E-state index contributed by atoms with van der Waals surface area (Å²) in [6, 6.07) is 10.6. The minimum Gasteiger partial charge on any atom is -0.465 e. The topological polar surface area (TPSA) is 116 Å². The van der Waals surface area contributed by atoms with Gasteiger partial charge in [0.25, 0.3) is 0 Å². The van der Waals surface area contributed by atoms with E-state index < -0.39 is 27.8 Å². The number of hydrogen-bond donors (Lipinski definition) is 2. The van der Waals surface area contributed by atoms with Crippen molar-refractivity contribution in [2.45, 2.75) is 22.8 Å². The molecule has 2 aromatic rings. The Morgan fingerprint density at radius 1 is 1.08 bits per heavy atom. The zero-order chi connectivity index (χ0) is 18.6. The fraction of sp³-hybridized carbons (Fsp3) is 0.176. The van der Waals surface area contributed by atoms with Crippen LogP contribution in [0.15, 0.2) is 58.3 Å². The van der Waals surface area contributed by atoms with E-state index in [2.05, 4.69) is 10.1 Å². The van der Waals surface area contributed by atoms with Crippen molar-refractivity contribution in [3.63, 3.8) is 0 Å². The van der Waals surface area contributed by atoms with Crippen LogP contribution in [0.2, 0.25) is 0 Å². The highest BCUT2D eigenvalue weighted by atomic mass is 32.2. The van der Waals surface area contributed by atoms with Gasteiger partial charge >= 0.3 is 5.97 Å². The highest BCUT2D eigenvalue weighted by molar-refractivity contribution is 7.91. The highest BCUT2D eigenvalue weighted by Gasteiger charge is 2.19. The number of methoxy groups -OCH3 is 1. The maximum atomic E-state index is 12.7. The summed E-state index contributed by atoms with van der Waals surface area (Å²) < 4.78 is 30.0. The number of benzene rings is 2. The summed E-state index contributed by atoms with van der Waals surface area (Å²) >= 11 is 0. The standard InChI is InChI=1S/C17H18N2O5S/c1-11(18)16(20)19-13-4-3-5-15(10-13)25(22,23)14-8-6-12(7-9-14)17(21)24-2/h3-11H,18H2,1-2H3,(H,19,20). The Morgan fingerprint density at radius 3 is 2.28 bits per heavy atom. The number of nitrogens with two attached hydrogens (primary N) is 1. The quantitative estimate of drug-likeness (QED) is 0.781. The van der Waals surface area contributed by atoms with Crippen LogP contribution in [0.25, 0.3) is 0 Å². The van der Waals surface area contributed by atoms with Crippen molar-refractivity contribution in [3.8, 4) is 0 Å². The molecule has 0 aromatic heterocycles. The second-order valence-corrected chi connectivity index (χ2v) is 7.27. The third-order valence-electron chi connectivity index (χ3n) is 3.41. The number of carbonyl (C=O) groups excluding carboxylic acids is 2. The van der Waals surface area contributed by atoms with Crippen LogP contribution in [0.3, 0.4) is 0 Å². The van der Waals surface area contributed by atoms with E-state index in [-0.39, 0.29) is 15.4 Å². The number of esters is 1. The summed E-state index contributed by atoms with van der Waals surface area (Å²) in [5.41, 5.74) is 6.06. The number of sulfone groups is 1. The van der Waals surface area contributed by atoms with Gasteiger partial charge in [-0.25, -0.2) is 13.2 Å². The zero-order valence-corrected chi connectivity index (χ0v) is 14.5. The van der Waals surface area contributed by atoms with E-state index in [0.717, 1.165) is 0 Å². The van der Waals surface area contributed by atoms with Gasteiger partial charge in [-0.1, -0.05) is 6.07 Å². The summed E-state index contributed by atoms with van der Waals surface area (Å²) in [7, 11) is -2.56. The molecule has 8 heteroatoms. The first kappa shape index (κ1) is 18.6. The van der Waals surface area contributed by atoms with Gasteiger partial charge in [0.2, 0.25) is 15.7 Å². The summed E-state index contributed by atoms with van der Waals surface area (Å²) in [5, 5.41) is 2.55. The van der Waals surface area contributed by atoms with Crippen molar-refractivity contribution in [1.29, 1.82) is 0 Å². The average Bonchev–Trinajstić information content (AvgIpc) is 2.61. The first-order chi connectivity index (χ1) is 11.8. The fourth-order valence-electron chi connectivity index (χ4n) is 2.02. The first-order valence-electron chi connectivity index (χ1n) is 7.35. The predicted octanol–water partition coefficient (Wildman–Crippen LogP) is 1.59. The van der Waals surface area contributed by atoms with E-state index in [4.69, 9.17) is 5.73 Å². The van der Waals surface area contributed by atoms with Crippen molar-refractivity contribution < 1.29 is 22.7 Å². The van der Waals surface area contributed by atoms with Crippen molar-refractivity contribution in [3.05, 3.63) is 54.1 Å². The number of nitrogens with one attached hydrogen (secondary N) is 1. The van der Waals surface area contributed by atoms with E-state index in [0.29, 0.717) is 5.69 Å². The maximum absolute atomic E-state index is 12.7. The van der Waals surface area contributed by atoms with E-state index in [1.807, 2.05) is 0 Å². The molecule has 1 unspecified atom stereocenters. The van der Waals surface area contributed by atoms with Gasteiger partial charge in [-0.05, 0) is 49.4 Å². The normalized spacial score (nSPS) is 12.3. The van der Waals surface area contributed by atoms with Gasteiger partial charge in [0.1, 0.15) is 0 Å². The maximum Gasteiger partial charge on any atom is 0.337 e. The van der Waals surface area contributed by atoms with Crippen molar-refractivity contribution in [2.24, 2.45) is 5.73 Å². The van der Waals surface area contributed by atoms with Gasteiger partial charge in [0.05, 0.1) is 28.5 Å². The second kappa shape index (κ2) is 7.45. The molecule has 2 rings (SSSR count). The molecule has 0 bridgehead atoms. The highest BCUT2D eigenvalue weighted by Crippen LogP contribution is 2.24. The molecule has 0 aliphatic carbocycles. The molecule has 25 heavy (non-hydrogen) atoms. The van der Waals surface area contributed by atoms with Gasteiger partial charge in [-0.15, -0.1) is 0 Å². The summed E-state index contributed by atoms with van der Waals surface area (Å²) in [4.78, 5) is 23.1. The number of ether oxygens (including phenoxy) is 1. The molecular weight excluding hydrogens is 344 g/mol. The molecule has 0 spiro atoms. The number of hydrogen-bond acceptors (Lipinski definition) is 6. The Labute approximate surface area is 145 Å². The lowest BCUT2D eigenvalue weighted by atomic mass is 10.2. The minimum absolute atomic E-state index is 0.0146. The molecule has 0 saturated heterocycles. The lowest BCUT2D eigenvalue weighted by Crippen LogP contribution is -2.32. The van der Waals surface area contributed by atoms with Crippen molar-refractivity contribution in [1.82, 2.24) is 0 Å². The smallest absolute Gasteiger partial charge is 0.337 e. The molecule has 1 amide bonds. The first-order valence-corrected chi connectivity index (χ1v) is 8.84. The Bertz CT molecular complexity index is 890. The van der Waals surface area contributed by atoms with Crippen LogP contribution < -0.4 is 11.1 Å². The SMILES string of the molecule is COC(=O)c1ccc(S(=O)(=O)c2cccc(NC(=O)C(C)N)c2)cc1. The molecule has 7 nitrogen and oxygen atoms in total. The third kappa shape index (κ3) is 4.23. The second-order valence-electron chi connectivity index (χ2n) is 5.33. The van der Waals surface area contributed by atoms with Crippen LogP contribution >= 0.6 is 0 Å². The van der Waals surface area contributed by atoms with Gasteiger partial charge in [-0.2, -0.15) is 0 Å². The minimum atomic E-state index is -3.80. The fourth-order valence-corrected chi connectivity index (χ4v) is 3.33. The summed E-state index contributed by atoms with van der Waals surface area (Å²) in [5.74, 6) is -0.971. The van der Waals surface area contributed by atoms with E-state index >= 15 is 0 Å². The van der Waals surface area contributed by atoms with E-state index in [1.165, 1.54) is 56.5 Å². The lowest BCUT2D eigenvalue weighted by molar-refractivity contribution is -0.117. The van der Waals surface area contributed by atoms with Crippen molar-refractivity contribution in [2.75, 3.05) is 12.4 Å². The molecule has 0 fully saturated rings. The van der Waals surface area contributed by atoms with Gasteiger partial charge < -0.3 is 15.8 Å². The number of amides is 1. The molecule has 3 N–H and O–H groups in total. The Morgan fingerprint density at radius 2 is 1.72 bits per heavy atom. The molecule has 1 atom stereocenters. The van der Waals surface area contributed by atoms with E-state index in [1.54, 1.807) is 6.07 Å². The summed E-state index contributed by atoms with van der Waals surface area (Å²) in [6.45, 7) is 1.53. The van der Waals surface area contributed by atoms with Crippen molar-refractivity contribution >= 4 is 27.4 Å². The van der Waals surface area contributed by atoms with Crippen LogP contribution in [0.5, 0.6) is 0 Å². The predicted molar refractivity (Wildman–Crippen MR) is 92.0 cm³/mol. The number of anilines is 1. The van der Waals surface area contributed by atoms with Gasteiger partial charge in [0.15, 0.2) is 0 Å². The van der Waals surface area contributed by atoms with Crippen LogP contribution in [0.1, 0.15) is 17.3 Å². The summed E-state index contributed by atoms with van der Waals surface area (Å²) in [6.07, 6.45) is 0. The Balaban J connectivity index is 2.33. The molecule has 0 saturated carbocycles. The van der Waals surface area contributed by atoms with Gasteiger partial charge in [-0.3, -0.25) is 4.79 Å². The van der Waals surface area contributed by atoms with E-state index in [9.17, 15) is 18.0 Å².